The third kappa shape index (κ3) is 5.98. The number of alkyl carbamates (subject to hydrolysis) is 1. The molecule has 3 unspecified atom stereocenters. The van der Waals surface area contributed by atoms with Gasteiger partial charge in [0.2, 0.25) is 0 Å². The number of rotatable bonds is 6. The third-order valence-corrected chi connectivity index (χ3v) is 5.04. The van der Waals surface area contributed by atoms with Crippen LogP contribution in [0.4, 0.5) is 4.79 Å². The second-order valence-electron chi connectivity index (χ2n) is 8.50. The Labute approximate surface area is 142 Å². The lowest BCUT2D eigenvalue weighted by Gasteiger charge is -2.42. The molecule has 23 heavy (non-hydrogen) atoms. The van der Waals surface area contributed by atoms with Crippen molar-refractivity contribution < 1.29 is 9.53 Å². The number of ether oxygens (including phenoxy) is 1. The molecule has 1 heterocycles. The first kappa shape index (κ1) is 18.6. The number of amides is 1. The van der Waals surface area contributed by atoms with Crippen LogP contribution in [-0.4, -0.2) is 41.8 Å². The van der Waals surface area contributed by atoms with E-state index in [0.717, 1.165) is 18.9 Å². The van der Waals surface area contributed by atoms with Crippen LogP contribution in [0.25, 0.3) is 0 Å². The molecule has 4 heteroatoms. The average molecular weight is 325 g/mol. The molecule has 3 atom stereocenters. The highest BCUT2D eigenvalue weighted by molar-refractivity contribution is 5.68. The van der Waals surface area contributed by atoms with Crippen molar-refractivity contribution in [3.8, 4) is 0 Å². The van der Waals surface area contributed by atoms with E-state index in [1.165, 1.54) is 38.6 Å². The van der Waals surface area contributed by atoms with E-state index in [9.17, 15) is 4.79 Å². The van der Waals surface area contributed by atoms with Crippen LogP contribution < -0.4 is 5.32 Å². The molecule has 4 nitrogen and oxygen atoms in total. The molecule has 0 aromatic heterocycles. The van der Waals surface area contributed by atoms with Gasteiger partial charge in [-0.3, -0.25) is 4.90 Å². The maximum absolute atomic E-state index is 12.1. The summed E-state index contributed by atoms with van der Waals surface area (Å²) in [5, 5.41) is 3.13. The Morgan fingerprint density at radius 2 is 1.96 bits per heavy atom. The van der Waals surface area contributed by atoms with Crippen LogP contribution in [0, 0.1) is 11.8 Å². The summed E-state index contributed by atoms with van der Waals surface area (Å²) in [6, 6.07) is 0.931. The molecule has 1 aliphatic carbocycles. The highest BCUT2D eigenvalue weighted by Crippen LogP contribution is 2.38. The van der Waals surface area contributed by atoms with Crippen molar-refractivity contribution in [3.05, 3.63) is 0 Å². The molecule has 134 valence electrons. The minimum absolute atomic E-state index is 0.225. The molecule has 0 spiro atoms. The van der Waals surface area contributed by atoms with Crippen molar-refractivity contribution in [2.24, 2.45) is 11.8 Å². The van der Waals surface area contributed by atoms with E-state index >= 15 is 0 Å². The van der Waals surface area contributed by atoms with Gasteiger partial charge in [0.1, 0.15) is 5.60 Å². The zero-order chi connectivity index (χ0) is 17.0. The molecule has 0 radical (unpaired) electrons. The van der Waals surface area contributed by atoms with Crippen molar-refractivity contribution in [3.63, 3.8) is 0 Å². The summed E-state index contributed by atoms with van der Waals surface area (Å²) >= 11 is 0. The quantitative estimate of drug-likeness (QED) is 0.796. The van der Waals surface area contributed by atoms with Gasteiger partial charge in [0.25, 0.3) is 0 Å². The Kier molecular flexibility index (Phi) is 6.35. The van der Waals surface area contributed by atoms with Gasteiger partial charge >= 0.3 is 6.09 Å². The van der Waals surface area contributed by atoms with E-state index in [1.807, 2.05) is 20.8 Å². The molecule has 1 saturated heterocycles. The Hall–Kier alpha value is -0.770. The van der Waals surface area contributed by atoms with E-state index in [2.05, 4.69) is 24.1 Å². The summed E-state index contributed by atoms with van der Waals surface area (Å²) in [5.74, 6) is 1.59. The Bertz CT molecular complexity index is 387. The van der Waals surface area contributed by atoms with Crippen LogP contribution in [0.3, 0.4) is 0 Å². The molecule has 0 bridgehead atoms. The largest absolute Gasteiger partial charge is 0.444 e. The number of hydrogen-bond acceptors (Lipinski definition) is 3. The average Bonchev–Trinajstić information content (AvgIpc) is 3.22. The first-order chi connectivity index (χ1) is 10.8. The van der Waals surface area contributed by atoms with Gasteiger partial charge in [0, 0.05) is 25.2 Å². The van der Waals surface area contributed by atoms with Crippen molar-refractivity contribution >= 4 is 6.09 Å². The highest BCUT2D eigenvalue weighted by atomic mass is 16.6. The van der Waals surface area contributed by atoms with Crippen LogP contribution in [0.5, 0.6) is 0 Å². The van der Waals surface area contributed by atoms with Gasteiger partial charge in [-0.25, -0.2) is 4.79 Å². The zero-order valence-electron chi connectivity index (χ0n) is 15.7. The van der Waals surface area contributed by atoms with Gasteiger partial charge < -0.3 is 10.1 Å². The van der Waals surface area contributed by atoms with E-state index in [0.29, 0.717) is 12.0 Å². The Morgan fingerprint density at radius 3 is 2.48 bits per heavy atom. The smallest absolute Gasteiger partial charge is 0.407 e. The molecule has 2 rings (SSSR count). The minimum Gasteiger partial charge on any atom is -0.444 e. The molecule has 1 saturated carbocycles. The van der Waals surface area contributed by atoms with Crippen LogP contribution in [0.1, 0.15) is 73.1 Å². The summed E-state index contributed by atoms with van der Waals surface area (Å²) < 4.78 is 5.45. The zero-order valence-corrected chi connectivity index (χ0v) is 15.7. The van der Waals surface area contributed by atoms with Crippen molar-refractivity contribution in [2.75, 3.05) is 13.1 Å². The monoisotopic (exact) mass is 324 g/mol. The lowest BCUT2D eigenvalue weighted by Crippen LogP contribution is -2.54. The van der Waals surface area contributed by atoms with Crippen molar-refractivity contribution in [1.82, 2.24) is 10.2 Å². The summed E-state index contributed by atoms with van der Waals surface area (Å²) in [5.41, 5.74) is -0.429. The summed E-state index contributed by atoms with van der Waals surface area (Å²) in [6.07, 6.45) is 7.30. The summed E-state index contributed by atoms with van der Waals surface area (Å²) in [4.78, 5) is 14.8. The first-order valence-electron chi connectivity index (χ1n) is 9.56. The predicted octanol–water partition coefficient (Wildman–Crippen LogP) is 4.19. The molecular weight excluding hydrogens is 288 g/mol. The van der Waals surface area contributed by atoms with E-state index in [4.69, 9.17) is 4.74 Å². The van der Waals surface area contributed by atoms with E-state index < -0.39 is 5.60 Å². The van der Waals surface area contributed by atoms with Gasteiger partial charge in [0.15, 0.2) is 0 Å². The number of nitrogens with zero attached hydrogens (tertiary/aromatic N) is 1. The maximum Gasteiger partial charge on any atom is 0.407 e. The van der Waals surface area contributed by atoms with Crippen LogP contribution >= 0.6 is 0 Å². The van der Waals surface area contributed by atoms with Gasteiger partial charge in [-0.05, 0) is 64.7 Å². The van der Waals surface area contributed by atoms with Gasteiger partial charge in [-0.15, -0.1) is 0 Å². The standard InChI is InChI=1S/C19H36N2O2/c1-6-8-14-11-16(20-18(22)23-19(3,4)5)13-21(12-14)17(7-2)15-9-10-15/h14-17H,6-13H2,1-5H3,(H,20,22). The maximum atomic E-state index is 12.1. The molecule has 1 amide bonds. The second-order valence-corrected chi connectivity index (χ2v) is 8.50. The number of carbonyl (C=O) groups excluding carboxylic acids is 1. The molecule has 2 aliphatic rings. The van der Waals surface area contributed by atoms with Crippen LogP contribution in [-0.2, 0) is 4.74 Å². The SMILES string of the molecule is CCCC1CC(NC(=O)OC(C)(C)C)CN(C(CC)C2CC2)C1. The van der Waals surface area contributed by atoms with E-state index in [1.54, 1.807) is 0 Å². The lowest BCUT2D eigenvalue weighted by molar-refractivity contribution is 0.0389. The topological polar surface area (TPSA) is 41.6 Å². The molecule has 0 aromatic carbocycles. The van der Waals surface area contributed by atoms with Crippen LogP contribution in [0.15, 0.2) is 0 Å². The van der Waals surface area contributed by atoms with E-state index in [-0.39, 0.29) is 12.1 Å². The van der Waals surface area contributed by atoms with Gasteiger partial charge in [-0.2, -0.15) is 0 Å². The molecule has 1 aliphatic heterocycles. The molecule has 0 aromatic rings. The fourth-order valence-corrected chi connectivity index (χ4v) is 4.08. The lowest BCUT2D eigenvalue weighted by atomic mass is 9.88. The number of piperidine rings is 1. The van der Waals surface area contributed by atoms with Crippen LogP contribution in [0.2, 0.25) is 0 Å². The first-order valence-corrected chi connectivity index (χ1v) is 9.56. The fraction of sp³-hybridized carbons (Fsp3) is 0.947. The molecule has 1 N–H and O–H groups in total. The predicted molar refractivity (Wildman–Crippen MR) is 94.5 cm³/mol. The number of nitrogens with one attached hydrogen (secondary N) is 1. The Morgan fingerprint density at radius 1 is 1.26 bits per heavy atom. The van der Waals surface area contributed by atoms with Crippen molar-refractivity contribution in [2.45, 2.75) is 90.8 Å². The fourth-order valence-electron chi connectivity index (χ4n) is 4.08. The summed E-state index contributed by atoms with van der Waals surface area (Å²) in [6.45, 7) is 12.5. The minimum atomic E-state index is -0.429. The normalized spacial score (nSPS) is 27.5. The number of likely N-dealkylation sites (tertiary alicyclic amines) is 1. The number of carbonyl (C=O) groups is 1. The van der Waals surface area contributed by atoms with Gasteiger partial charge in [0.05, 0.1) is 0 Å². The number of hydrogen-bond donors (Lipinski definition) is 1. The highest BCUT2D eigenvalue weighted by Gasteiger charge is 2.38. The van der Waals surface area contributed by atoms with Crippen molar-refractivity contribution in [1.29, 1.82) is 0 Å². The van der Waals surface area contributed by atoms with Gasteiger partial charge in [-0.1, -0.05) is 20.3 Å². The Balaban J connectivity index is 1.96. The molecular formula is C19H36N2O2. The third-order valence-electron chi connectivity index (χ3n) is 5.04. The molecule has 2 fully saturated rings. The summed E-state index contributed by atoms with van der Waals surface area (Å²) in [7, 11) is 0. The second kappa shape index (κ2) is 7.87.